The molecule has 1 atom stereocenters. The van der Waals surface area contributed by atoms with Crippen molar-refractivity contribution in [2.24, 2.45) is 10.2 Å². The first-order valence-corrected chi connectivity index (χ1v) is 11.7. The topological polar surface area (TPSA) is 74.4 Å². The molecule has 0 saturated heterocycles. The van der Waals surface area contributed by atoms with Crippen LogP contribution in [0.25, 0.3) is 6.08 Å². The Morgan fingerprint density at radius 2 is 1.49 bits per heavy atom. The van der Waals surface area contributed by atoms with E-state index in [2.05, 4.69) is 10.2 Å². The van der Waals surface area contributed by atoms with E-state index in [-0.39, 0.29) is 5.56 Å². The number of thiazole rings is 1. The summed E-state index contributed by atoms with van der Waals surface area (Å²) in [5.41, 5.74) is 3.22. The van der Waals surface area contributed by atoms with E-state index in [9.17, 15) is 4.79 Å². The minimum Gasteiger partial charge on any atom is -0.493 e. The van der Waals surface area contributed by atoms with Crippen molar-refractivity contribution in [1.82, 2.24) is 4.57 Å². The molecule has 4 aromatic rings. The Hall–Kier alpha value is -4.17. The molecule has 0 amide bonds. The molecule has 5 rings (SSSR count). The molecule has 2 heterocycles. The fourth-order valence-electron chi connectivity index (χ4n) is 4.16. The number of fused-ring (bicyclic) bond motifs is 1. The molecule has 0 N–H and O–H groups in total. The summed E-state index contributed by atoms with van der Waals surface area (Å²) in [6.45, 7) is 0. The van der Waals surface area contributed by atoms with Crippen LogP contribution in [0.2, 0.25) is 0 Å². The average Bonchev–Trinajstić information content (AvgIpc) is 3.23. The van der Waals surface area contributed by atoms with E-state index in [1.165, 1.54) is 11.3 Å². The smallest absolute Gasteiger partial charge is 0.271 e. The van der Waals surface area contributed by atoms with Gasteiger partial charge in [-0.15, -0.1) is 10.2 Å². The molecule has 0 saturated carbocycles. The number of hydrogen-bond donors (Lipinski definition) is 0. The molecular formula is C27H23N3O4S. The maximum atomic E-state index is 13.8. The van der Waals surface area contributed by atoms with Crippen LogP contribution in [0.5, 0.6) is 17.2 Å². The van der Waals surface area contributed by atoms with E-state index in [4.69, 9.17) is 14.2 Å². The largest absolute Gasteiger partial charge is 0.493 e. The Morgan fingerprint density at radius 3 is 2.09 bits per heavy atom. The van der Waals surface area contributed by atoms with Crippen LogP contribution in [0.4, 0.5) is 0 Å². The molecule has 1 aromatic heterocycles. The lowest BCUT2D eigenvalue weighted by atomic mass is 9.96. The minimum absolute atomic E-state index is 0.139. The number of benzene rings is 3. The minimum atomic E-state index is -0.392. The van der Waals surface area contributed by atoms with E-state index in [1.54, 1.807) is 25.9 Å². The predicted octanol–water partition coefficient (Wildman–Crippen LogP) is 3.39. The molecule has 3 aromatic carbocycles. The van der Waals surface area contributed by atoms with Crippen molar-refractivity contribution in [2.75, 3.05) is 21.3 Å². The van der Waals surface area contributed by atoms with Crippen molar-refractivity contribution in [3.8, 4) is 17.2 Å². The van der Waals surface area contributed by atoms with Gasteiger partial charge in [-0.1, -0.05) is 72.0 Å². The van der Waals surface area contributed by atoms with Crippen LogP contribution in [-0.2, 0) is 0 Å². The van der Waals surface area contributed by atoms with Gasteiger partial charge in [-0.05, 0) is 29.3 Å². The lowest BCUT2D eigenvalue weighted by Crippen LogP contribution is -2.40. The predicted molar refractivity (Wildman–Crippen MR) is 137 cm³/mol. The van der Waals surface area contributed by atoms with Gasteiger partial charge in [0.2, 0.25) is 10.6 Å². The third kappa shape index (κ3) is 4.13. The maximum absolute atomic E-state index is 13.8. The zero-order valence-corrected chi connectivity index (χ0v) is 20.3. The quantitative estimate of drug-likeness (QED) is 0.420. The monoisotopic (exact) mass is 485 g/mol. The molecule has 176 valence electrons. The number of methoxy groups -OCH3 is 3. The van der Waals surface area contributed by atoms with Gasteiger partial charge in [-0.3, -0.25) is 9.36 Å². The molecule has 35 heavy (non-hydrogen) atoms. The number of ether oxygens (including phenoxy) is 3. The lowest BCUT2D eigenvalue weighted by molar-refractivity contribution is 0.324. The molecular weight excluding hydrogens is 462 g/mol. The summed E-state index contributed by atoms with van der Waals surface area (Å²) in [5.74, 6) is 1.52. The molecule has 0 spiro atoms. The highest BCUT2D eigenvalue weighted by Crippen LogP contribution is 2.38. The standard InChI is InChI=1S/C27H23N3O4S/c1-32-20-14-17(15-21(33-2)25(20)34-3)16-22-26(31)30-24(19-12-8-5-9-13-19)23(28-29-27(30)35-22)18-10-6-4-7-11-18/h4-16,24H,1-3H3/b22-16+. The summed E-state index contributed by atoms with van der Waals surface area (Å²) in [7, 11) is 4.68. The van der Waals surface area contributed by atoms with E-state index in [0.717, 1.165) is 22.4 Å². The summed E-state index contributed by atoms with van der Waals surface area (Å²) in [6, 6.07) is 22.9. The molecule has 0 radical (unpaired) electrons. The Kier molecular flexibility index (Phi) is 6.20. The van der Waals surface area contributed by atoms with Crippen LogP contribution in [0.3, 0.4) is 0 Å². The van der Waals surface area contributed by atoms with Gasteiger partial charge in [-0.25, -0.2) is 0 Å². The lowest BCUT2D eigenvalue weighted by Gasteiger charge is -2.22. The molecule has 1 unspecified atom stereocenters. The van der Waals surface area contributed by atoms with Crippen LogP contribution in [-0.4, -0.2) is 31.6 Å². The van der Waals surface area contributed by atoms with Crippen LogP contribution in [0, 0.1) is 0 Å². The van der Waals surface area contributed by atoms with Crippen molar-refractivity contribution in [3.63, 3.8) is 0 Å². The van der Waals surface area contributed by atoms with Crippen LogP contribution in [0.1, 0.15) is 22.7 Å². The van der Waals surface area contributed by atoms with Gasteiger partial charge < -0.3 is 14.2 Å². The number of hydrogen-bond acceptors (Lipinski definition) is 7. The van der Waals surface area contributed by atoms with Gasteiger partial charge in [0, 0.05) is 5.56 Å². The fourth-order valence-corrected chi connectivity index (χ4v) is 5.11. The second kappa shape index (κ2) is 9.60. The van der Waals surface area contributed by atoms with Gasteiger partial charge in [0.05, 0.1) is 31.6 Å². The summed E-state index contributed by atoms with van der Waals surface area (Å²) < 4.78 is 18.6. The zero-order valence-electron chi connectivity index (χ0n) is 19.5. The second-order valence-corrected chi connectivity index (χ2v) is 8.80. The van der Waals surface area contributed by atoms with E-state index < -0.39 is 6.04 Å². The first-order valence-electron chi connectivity index (χ1n) is 10.9. The Balaban J connectivity index is 1.70. The molecule has 1 aliphatic rings. The van der Waals surface area contributed by atoms with E-state index in [0.29, 0.717) is 26.6 Å². The Bertz CT molecular complexity index is 1550. The summed E-state index contributed by atoms with van der Waals surface area (Å²) in [4.78, 5) is 14.3. The normalized spacial score (nSPS) is 15.1. The van der Waals surface area contributed by atoms with Crippen LogP contribution >= 0.6 is 11.3 Å². The highest BCUT2D eigenvalue weighted by molar-refractivity contribution is 7.07. The Morgan fingerprint density at radius 1 is 0.857 bits per heavy atom. The molecule has 0 bridgehead atoms. The van der Waals surface area contributed by atoms with Gasteiger partial charge in [-0.2, -0.15) is 0 Å². The molecule has 1 aliphatic heterocycles. The zero-order chi connectivity index (χ0) is 24.4. The second-order valence-electron chi connectivity index (χ2n) is 7.79. The highest BCUT2D eigenvalue weighted by atomic mass is 32.1. The number of rotatable bonds is 6. The SMILES string of the molecule is COc1cc(/C=c2/sc3n(c2=O)C(c2ccccc2)C(c2ccccc2)=NN=3)cc(OC)c1OC. The van der Waals surface area contributed by atoms with Gasteiger partial charge in [0.1, 0.15) is 6.04 Å². The van der Waals surface area contributed by atoms with Crippen molar-refractivity contribution < 1.29 is 14.2 Å². The highest BCUT2D eigenvalue weighted by Gasteiger charge is 2.28. The summed E-state index contributed by atoms with van der Waals surface area (Å²) in [6.07, 6.45) is 1.81. The Labute approximate surface area is 205 Å². The van der Waals surface area contributed by atoms with Crippen molar-refractivity contribution in [2.45, 2.75) is 6.04 Å². The third-order valence-corrected chi connectivity index (χ3v) is 6.74. The van der Waals surface area contributed by atoms with E-state index >= 15 is 0 Å². The molecule has 0 fully saturated rings. The van der Waals surface area contributed by atoms with Crippen molar-refractivity contribution >= 4 is 23.1 Å². The third-order valence-electron chi connectivity index (χ3n) is 5.77. The van der Waals surface area contributed by atoms with Crippen molar-refractivity contribution in [1.29, 1.82) is 0 Å². The van der Waals surface area contributed by atoms with Crippen LogP contribution in [0.15, 0.2) is 87.8 Å². The number of aromatic nitrogens is 1. The van der Waals surface area contributed by atoms with Crippen molar-refractivity contribution in [3.05, 3.63) is 109 Å². The average molecular weight is 486 g/mol. The summed E-state index contributed by atoms with van der Waals surface area (Å²) in [5, 5.41) is 8.98. The van der Waals surface area contributed by atoms with Gasteiger partial charge >= 0.3 is 0 Å². The number of nitrogens with zero attached hydrogens (tertiary/aromatic N) is 3. The molecule has 7 nitrogen and oxygen atoms in total. The summed E-state index contributed by atoms with van der Waals surface area (Å²) >= 11 is 1.30. The van der Waals surface area contributed by atoms with Gasteiger partial charge in [0.15, 0.2) is 11.5 Å². The first-order chi connectivity index (χ1) is 17.1. The first kappa shape index (κ1) is 22.6. The molecule has 8 heteroatoms. The van der Waals surface area contributed by atoms with Crippen LogP contribution < -0.4 is 29.1 Å². The fraction of sp³-hybridized carbons (Fsp3) is 0.148. The molecule has 0 aliphatic carbocycles. The van der Waals surface area contributed by atoms with Gasteiger partial charge in [0.25, 0.3) is 5.56 Å². The van der Waals surface area contributed by atoms with E-state index in [1.807, 2.05) is 78.9 Å². The maximum Gasteiger partial charge on any atom is 0.271 e.